The molecular weight excluding hydrogens is 659 g/mol. The maximum absolute atomic E-state index is 5.17. The van der Waals surface area contributed by atoms with Gasteiger partial charge in [0.05, 0.1) is 11.4 Å². The molecule has 0 atom stereocenters. The molecule has 0 aliphatic heterocycles. The SMILES string of the molecule is Cc1cc(C)c(N(c2ccc(N(c3ccc4ccccc4c3)c3nc(-c4ccccc4)nc(-c4ccccc4)n3)cc2)c2c(C)cc(C)cc2C)c(C)c1. The molecule has 0 saturated carbocycles. The van der Waals surface area contributed by atoms with Gasteiger partial charge in [-0.3, -0.25) is 4.90 Å². The molecule has 0 unspecified atom stereocenters. The van der Waals surface area contributed by atoms with Gasteiger partial charge in [-0.1, -0.05) is 126 Å². The van der Waals surface area contributed by atoms with Crippen LogP contribution in [-0.4, -0.2) is 15.0 Å². The van der Waals surface area contributed by atoms with Crippen LogP contribution in [0.5, 0.6) is 0 Å². The number of rotatable bonds is 8. The first-order valence-electron chi connectivity index (χ1n) is 18.5. The minimum Gasteiger partial charge on any atom is -0.309 e. The zero-order chi connectivity index (χ0) is 37.3. The van der Waals surface area contributed by atoms with Gasteiger partial charge in [0.2, 0.25) is 5.95 Å². The van der Waals surface area contributed by atoms with Gasteiger partial charge < -0.3 is 4.90 Å². The molecule has 0 radical (unpaired) electrons. The molecule has 0 spiro atoms. The summed E-state index contributed by atoms with van der Waals surface area (Å²) in [6, 6.07) is 53.1. The van der Waals surface area contributed by atoms with Gasteiger partial charge >= 0.3 is 0 Å². The Balaban J connectivity index is 1.34. The smallest absolute Gasteiger partial charge is 0.238 e. The van der Waals surface area contributed by atoms with Crippen molar-refractivity contribution in [2.24, 2.45) is 0 Å². The Bertz CT molecular complexity index is 2450. The summed E-state index contributed by atoms with van der Waals surface area (Å²) in [5.41, 5.74) is 14.7. The molecule has 1 heterocycles. The molecule has 0 bridgehead atoms. The fraction of sp³-hybridized carbons (Fsp3) is 0.122. The number of anilines is 6. The average molecular weight is 702 g/mol. The zero-order valence-electron chi connectivity index (χ0n) is 31.7. The second-order valence-corrected chi connectivity index (χ2v) is 14.2. The van der Waals surface area contributed by atoms with Gasteiger partial charge in [-0.2, -0.15) is 9.97 Å². The van der Waals surface area contributed by atoms with E-state index in [0.717, 1.165) is 33.6 Å². The van der Waals surface area contributed by atoms with Crippen LogP contribution in [0.1, 0.15) is 33.4 Å². The van der Waals surface area contributed by atoms with E-state index in [-0.39, 0.29) is 0 Å². The molecule has 0 saturated heterocycles. The second-order valence-electron chi connectivity index (χ2n) is 14.2. The number of hydrogen-bond donors (Lipinski definition) is 0. The minimum absolute atomic E-state index is 0.540. The number of aromatic nitrogens is 3. The summed E-state index contributed by atoms with van der Waals surface area (Å²) in [5.74, 6) is 1.77. The Hall–Kier alpha value is -6.59. The van der Waals surface area contributed by atoms with Crippen molar-refractivity contribution in [3.63, 3.8) is 0 Å². The molecule has 1 aromatic heterocycles. The number of nitrogens with zero attached hydrogens (tertiary/aromatic N) is 5. The fourth-order valence-electron chi connectivity index (χ4n) is 7.76. The molecule has 5 nitrogen and oxygen atoms in total. The molecular formula is C49H43N5. The van der Waals surface area contributed by atoms with E-state index in [2.05, 4.69) is 142 Å². The summed E-state index contributed by atoms with van der Waals surface area (Å²) < 4.78 is 0. The molecule has 0 fully saturated rings. The van der Waals surface area contributed by atoms with Gasteiger partial charge in [0.15, 0.2) is 11.6 Å². The number of aryl methyl sites for hydroxylation is 6. The van der Waals surface area contributed by atoms with Crippen LogP contribution in [0.15, 0.2) is 152 Å². The molecule has 5 heteroatoms. The Labute approximate surface area is 318 Å². The van der Waals surface area contributed by atoms with Crippen molar-refractivity contribution in [1.82, 2.24) is 15.0 Å². The first-order valence-corrected chi connectivity index (χ1v) is 18.5. The standard InChI is InChI=1S/C49H43N5/c1-32-27-34(3)45(35(4)28-32)54(46-36(5)29-33(2)30-37(46)6)43-25-23-42(24-26-43)53(44-22-21-38-15-13-14-20-41(38)31-44)49-51-47(39-16-9-7-10-17-39)50-48(52-49)40-18-11-8-12-19-40/h7-31H,1-6H3. The lowest BCUT2D eigenvalue weighted by molar-refractivity contribution is 1.02. The van der Waals surface area contributed by atoms with Crippen LogP contribution in [0.3, 0.4) is 0 Å². The van der Waals surface area contributed by atoms with E-state index in [1.54, 1.807) is 0 Å². The third kappa shape index (κ3) is 6.72. The lowest BCUT2D eigenvalue weighted by atomic mass is 9.98. The van der Waals surface area contributed by atoms with Crippen molar-refractivity contribution in [1.29, 1.82) is 0 Å². The molecule has 8 aromatic rings. The van der Waals surface area contributed by atoms with Gasteiger partial charge in [0.25, 0.3) is 0 Å². The molecule has 8 rings (SSSR count). The number of fused-ring (bicyclic) bond motifs is 1. The van der Waals surface area contributed by atoms with E-state index >= 15 is 0 Å². The van der Waals surface area contributed by atoms with Crippen molar-refractivity contribution < 1.29 is 0 Å². The topological polar surface area (TPSA) is 45.2 Å². The summed E-state index contributed by atoms with van der Waals surface area (Å²) >= 11 is 0. The maximum Gasteiger partial charge on any atom is 0.238 e. The van der Waals surface area contributed by atoms with Crippen molar-refractivity contribution in [2.45, 2.75) is 41.5 Å². The lowest BCUT2D eigenvalue weighted by Gasteiger charge is -2.32. The van der Waals surface area contributed by atoms with E-state index in [9.17, 15) is 0 Å². The van der Waals surface area contributed by atoms with Gasteiger partial charge in [-0.05, 0) is 111 Å². The molecule has 0 aliphatic carbocycles. The average Bonchev–Trinajstić information content (AvgIpc) is 3.17. The third-order valence-electron chi connectivity index (χ3n) is 9.96. The first kappa shape index (κ1) is 34.5. The largest absolute Gasteiger partial charge is 0.309 e. The highest BCUT2D eigenvalue weighted by molar-refractivity contribution is 5.90. The van der Waals surface area contributed by atoms with Gasteiger partial charge in [0.1, 0.15) is 0 Å². The summed E-state index contributed by atoms with van der Waals surface area (Å²) in [6.07, 6.45) is 0. The van der Waals surface area contributed by atoms with Gasteiger partial charge in [0, 0.05) is 28.2 Å². The normalized spacial score (nSPS) is 11.1. The van der Waals surface area contributed by atoms with E-state index in [0.29, 0.717) is 17.6 Å². The Morgan fingerprint density at radius 3 is 1.24 bits per heavy atom. The van der Waals surface area contributed by atoms with Crippen LogP contribution in [0.2, 0.25) is 0 Å². The van der Waals surface area contributed by atoms with Gasteiger partial charge in [-0.25, -0.2) is 4.98 Å². The minimum atomic E-state index is 0.540. The first-order chi connectivity index (χ1) is 26.2. The lowest BCUT2D eigenvalue weighted by Crippen LogP contribution is -2.17. The highest BCUT2D eigenvalue weighted by Crippen LogP contribution is 2.44. The van der Waals surface area contributed by atoms with Crippen molar-refractivity contribution in [3.05, 3.63) is 185 Å². The van der Waals surface area contributed by atoms with E-state index < -0.39 is 0 Å². The van der Waals surface area contributed by atoms with E-state index in [1.807, 2.05) is 60.7 Å². The van der Waals surface area contributed by atoms with Crippen LogP contribution in [0.4, 0.5) is 34.4 Å². The van der Waals surface area contributed by atoms with Gasteiger partial charge in [-0.15, -0.1) is 0 Å². The molecule has 264 valence electrons. The molecule has 0 N–H and O–H groups in total. The Morgan fingerprint density at radius 2 is 0.759 bits per heavy atom. The monoisotopic (exact) mass is 701 g/mol. The van der Waals surface area contributed by atoms with E-state index in [1.165, 1.54) is 50.1 Å². The third-order valence-corrected chi connectivity index (χ3v) is 9.96. The van der Waals surface area contributed by atoms with Crippen LogP contribution in [-0.2, 0) is 0 Å². The van der Waals surface area contributed by atoms with E-state index in [4.69, 9.17) is 15.0 Å². The summed E-state index contributed by atoms with van der Waals surface area (Å²) in [6.45, 7) is 13.2. The van der Waals surface area contributed by atoms with Crippen molar-refractivity contribution >= 4 is 45.2 Å². The molecule has 54 heavy (non-hydrogen) atoms. The number of hydrogen-bond acceptors (Lipinski definition) is 5. The molecule has 7 aromatic carbocycles. The Morgan fingerprint density at radius 1 is 0.352 bits per heavy atom. The predicted molar refractivity (Wildman–Crippen MR) is 226 cm³/mol. The van der Waals surface area contributed by atoms with Crippen LogP contribution < -0.4 is 9.80 Å². The van der Waals surface area contributed by atoms with Crippen LogP contribution >= 0.6 is 0 Å². The maximum atomic E-state index is 5.17. The summed E-state index contributed by atoms with van der Waals surface area (Å²) in [4.78, 5) is 19.9. The highest BCUT2D eigenvalue weighted by Gasteiger charge is 2.24. The quantitative estimate of drug-likeness (QED) is 0.158. The van der Waals surface area contributed by atoms with Crippen LogP contribution in [0.25, 0.3) is 33.5 Å². The Kier molecular flexibility index (Phi) is 9.22. The number of benzene rings is 7. The zero-order valence-corrected chi connectivity index (χ0v) is 31.7. The summed E-state index contributed by atoms with van der Waals surface area (Å²) in [7, 11) is 0. The molecule has 0 amide bonds. The second kappa shape index (κ2) is 14.4. The van der Waals surface area contributed by atoms with Crippen molar-refractivity contribution in [3.8, 4) is 22.8 Å². The fourth-order valence-corrected chi connectivity index (χ4v) is 7.76. The highest BCUT2D eigenvalue weighted by atomic mass is 15.3. The van der Waals surface area contributed by atoms with Crippen molar-refractivity contribution in [2.75, 3.05) is 9.80 Å². The predicted octanol–water partition coefficient (Wildman–Crippen LogP) is 13.1. The summed E-state index contributed by atoms with van der Waals surface area (Å²) in [5, 5.41) is 2.31. The molecule has 0 aliphatic rings. The van der Waals surface area contributed by atoms with Crippen LogP contribution in [0, 0.1) is 41.5 Å².